The Balaban J connectivity index is 2.93. The van der Waals surface area contributed by atoms with Gasteiger partial charge in [0.1, 0.15) is 18.1 Å². The van der Waals surface area contributed by atoms with Crippen LogP contribution in [0.25, 0.3) is 0 Å². The number of carbonyl (C=O) groups excluding carboxylic acids is 4. The molecule has 7 N–H and O–H groups in total. The maximum absolute atomic E-state index is 13.1. The zero-order chi connectivity index (χ0) is 23.0. The second kappa shape index (κ2) is 11.7. The molecule has 30 heavy (non-hydrogen) atoms. The molecule has 1 rings (SSSR count). The van der Waals surface area contributed by atoms with Crippen LogP contribution in [0.2, 0.25) is 0 Å². The van der Waals surface area contributed by atoms with Crippen LogP contribution in [-0.4, -0.2) is 76.1 Å². The Morgan fingerprint density at radius 2 is 1.80 bits per heavy atom. The molecule has 4 amide bonds. The van der Waals surface area contributed by atoms with Gasteiger partial charge in [-0.25, -0.2) is 4.79 Å². The molecule has 1 heterocycles. The SMILES string of the molecule is CC(C)CC(NC(=O)C(N)CC(N)=O)C(=O)N1CCCC1C(=O)NC(CS)C(=O)O. The van der Waals surface area contributed by atoms with Crippen LogP contribution in [0.15, 0.2) is 0 Å². The molecule has 4 unspecified atom stereocenters. The highest BCUT2D eigenvalue weighted by molar-refractivity contribution is 7.80. The number of thiol groups is 1. The summed E-state index contributed by atoms with van der Waals surface area (Å²) in [7, 11) is 0. The molecule has 1 saturated heterocycles. The first-order valence-electron chi connectivity index (χ1n) is 9.76. The number of rotatable bonds is 11. The second-order valence-corrected chi connectivity index (χ2v) is 8.10. The highest BCUT2D eigenvalue weighted by Gasteiger charge is 2.39. The lowest BCUT2D eigenvalue weighted by Gasteiger charge is -2.30. The summed E-state index contributed by atoms with van der Waals surface area (Å²) in [5.74, 6) is -3.73. The number of likely N-dealkylation sites (tertiary alicyclic amines) is 1. The summed E-state index contributed by atoms with van der Waals surface area (Å²) < 4.78 is 0. The number of hydrogen-bond acceptors (Lipinski definition) is 7. The van der Waals surface area contributed by atoms with Crippen LogP contribution in [0.3, 0.4) is 0 Å². The van der Waals surface area contributed by atoms with E-state index in [9.17, 15) is 24.0 Å². The van der Waals surface area contributed by atoms with Crippen molar-refractivity contribution in [2.75, 3.05) is 12.3 Å². The molecule has 0 aromatic rings. The van der Waals surface area contributed by atoms with Gasteiger partial charge < -0.3 is 32.1 Å². The Bertz CT molecular complexity index is 673. The zero-order valence-corrected chi connectivity index (χ0v) is 18.1. The van der Waals surface area contributed by atoms with E-state index < -0.39 is 53.8 Å². The van der Waals surface area contributed by atoms with Gasteiger partial charge in [-0.3, -0.25) is 19.2 Å². The fraction of sp³-hybridized carbons (Fsp3) is 0.722. The predicted molar refractivity (Wildman–Crippen MR) is 111 cm³/mol. The number of carboxylic acid groups (broad SMARTS) is 1. The zero-order valence-electron chi connectivity index (χ0n) is 17.2. The topological polar surface area (TPSA) is 185 Å². The molecule has 1 aliphatic heterocycles. The van der Waals surface area contributed by atoms with Crippen LogP contribution in [-0.2, 0) is 24.0 Å². The van der Waals surface area contributed by atoms with E-state index in [1.54, 1.807) is 0 Å². The third-order valence-corrected chi connectivity index (χ3v) is 5.08. The van der Waals surface area contributed by atoms with Crippen molar-refractivity contribution in [3.63, 3.8) is 0 Å². The molecule has 0 aromatic carbocycles. The molecule has 12 heteroatoms. The number of nitrogens with one attached hydrogen (secondary N) is 2. The maximum atomic E-state index is 13.1. The van der Waals surface area contributed by atoms with Crippen molar-refractivity contribution < 1.29 is 29.1 Å². The monoisotopic (exact) mass is 445 g/mol. The molecular weight excluding hydrogens is 414 g/mol. The van der Waals surface area contributed by atoms with Gasteiger partial charge in [0, 0.05) is 12.3 Å². The number of nitrogens with two attached hydrogens (primary N) is 2. The molecule has 4 atom stereocenters. The molecule has 0 radical (unpaired) electrons. The number of primary amides is 1. The minimum atomic E-state index is -1.22. The summed E-state index contributed by atoms with van der Waals surface area (Å²) in [6, 6.07) is -4.14. The number of hydrogen-bond donors (Lipinski definition) is 6. The van der Waals surface area contributed by atoms with E-state index in [0.717, 1.165) is 0 Å². The summed E-state index contributed by atoms with van der Waals surface area (Å²) in [6.45, 7) is 4.04. The van der Waals surface area contributed by atoms with Gasteiger partial charge in [-0.15, -0.1) is 0 Å². The van der Waals surface area contributed by atoms with Gasteiger partial charge >= 0.3 is 5.97 Å². The molecule has 0 saturated carbocycles. The smallest absolute Gasteiger partial charge is 0.327 e. The van der Waals surface area contributed by atoms with Crippen molar-refractivity contribution in [2.24, 2.45) is 17.4 Å². The lowest BCUT2D eigenvalue weighted by Crippen LogP contribution is -2.57. The number of aliphatic carboxylic acids is 1. The Hall–Kier alpha value is -2.34. The van der Waals surface area contributed by atoms with E-state index in [-0.39, 0.29) is 18.1 Å². The normalized spacial score (nSPS) is 19.1. The maximum Gasteiger partial charge on any atom is 0.327 e. The van der Waals surface area contributed by atoms with Crippen molar-refractivity contribution in [1.82, 2.24) is 15.5 Å². The summed E-state index contributed by atoms with van der Waals surface area (Å²) in [6.07, 6.45) is 0.878. The Labute approximate surface area is 180 Å². The number of carboxylic acids is 1. The first-order chi connectivity index (χ1) is 14.0. The number of carbonyl (C=O) groups is 5. The minimum Gasteiger partial charge on any atom is -0.480 e. The summed E-state index contributed by atoms with van der Waals surface area (Å²) in [5, 5.41) is 14.0. The third kappa shape index (κ3) is 7.48. The van der Waals surface area contributed by atoms with Crippen molar-refractivity contribution in [2.45, 2.75) is 63.7 Å². The molecule has 1 fully saturated rings. The van der Waals surface area contributed by atoms with Crippen LogP contribution >= 0.6 is 12.6 Å². The van der Waals surface area contributed by atoms with Crippen LogP contribution in [0.1, 0.15) is 39.5 Å². The highest BCUT2D eigenvalue weighted by Crippen LogP contribution is 2.21. The van der Waals surface area contributed by atoms with Crippen LogP contribution < -0.4 is 22.1 Å². The average Bonchev–Trinajstić information content (AvgIpc) is 3.13. The molecule has 0 spiro atoms. The average molecular weight is 446 g/mol. The largest absolute Gasteiger partial charge is 0.480 e. The molecule has 170 valence electrons. The van der Waals surface area contributed by atoms with E-state index in [0.29, 0.717) is 25.8 Å². The van der Waals surface area contributed by atoms with Crippen LogP contribution in [0.4, 0.5) is 0 Å². The third-order valence-electron chi connectivity index (χ3n) is 4.72. The van der Waals surface area contributed by atoms with Gasteiger partial charge in [-0.05, 0) is 25.2 Å². The summed E-state index contributed by atoms with van der Waals surface area (Å²) >= 11 is 3.92. The Morgan fingerprint density at radius 1 is 1.17 bits per heavy atom. The van der Waals surface area contributed by atoms with E-state index in [4.69, 9.17) is 16.6 Å². The standard InChI is InChI=1S/C18H31N5O6S/c1-9(2)6-11(21-15(25)10(19)7-14(20)24)17(27)23-5-3-4-13(23)16(26)22-12(8-30)18(28)29/h9-13,30H,3-8,19H2,1-2H3,(H2,20,24)(H,21,25)(H,22,26)(H,28,29). The molecule has 0 bridgehead atoms. The summed E-state index contributed by atoms with van der Waals surface area (Å²) in [4.78, 5) is 61.5. The molecule has 1 aliphatic rings. The number of amides is 4. The van der Waals surface area contributed by atoms with Gasteiger partial charge in [0.15, 0.2) is 0 Å². The van der Waals surface area contributed by atoms with Gasteiger partial charge in [0.05, 0.1) is 12.5 Å². The molecular formula is C18H31N5O6S. The van der Waals surface area contributed by atoms with Gasteiger partial charge in [0.25, 0.3) is 0 Å². The first-order valence-corrected chi connectivity index (χ1v) is 10.4. The van der Waals surface area contributed by atoms with Crippen LogP contribution in [0, 0.1) is 5.92 Å². The quantitative estimate of drug-likeness (QED) is 0.203. The molecule has 0 aromatic heterocycles. The fourth-order valence-corrected chi connectivity index (χ4v) is 3.49. The second-order valence-electron chi connectivity index (χ2n) is 7.74. The highest BCUT2D eigenvalue weighted by atomic mass is 32.1. The van der Waals surface area contributed by atoms with Gasteiger partial charge in [0.2, 0.25) is 23.6 Å². The Kier molecular flexibility index (Phi) is 10.1. The lowest BCUT2D eigenvalue weighted by atomic mass is 10.0. The van der Waals surface area contributed by atoms with Crippen molar-refractivity contribution in [1.29, 1.82) is 0 Å². The molecule has 11 nitrogen and oxygen atoms in total. The van der Waals surface area contributed by atoms with E-state index >= 15 is 0 Å². The number of nitrogens with zero attached hydrogens (tertiary/aromatic N) is 1. The van der Waals surface area contributed by atoms with Crippen LogP contribution in [0.5, 0.6) is 0 Å². The van der Waals surface area contributed by atoms with Crippen molar-refractivity contribution in [3.05, 3.63) is 0 Å². The summed E-state index contributed by atoms with van der Waals surface area (Å²) in [5.41, 5.74) is 10.7. The van der Waals surface area contributed by atoms with Gasteiger partial charge in [-0.2, -0.15) is 12.6 Å². The van der Waals surface area contributed by atoms with E-state index in [1.165, 1.54) is 4.90 Å². The van der Waals surface area contributed by atoms with E-state index in [2.05, 4.69) is 23.3 Å². The van der Waals surface area contributed by atoms with Crippen molar-refractivity contribution >= 4 is 42.2 Å². The van der Waals surface area contributed by atoms with E-state index in [1.807, 2.05) is 13.8 Å². The first kappa shape index (κ1) is 25.7. The fourth-order valence-electron chi connectivity index (χ4n) is 3.24. The molecule has 0 aliphatic carbocycles. The van der Waals surface area contributed by atoms with Crippen molar-refractivity contribution in [3.8, 4) is 0 Å². The lowest BCUT2D eigenvalue weighted by molar-refractivity contribution is -0.144. The predicted octanol–water partition coefficient (Wildman–Crippen LogP) is -1.79. The minimum absolute atomic E-state index is 0.0436. The Morgan fingerprint density at radius 3 is 2.30 bits per heavy atom. The van der Waals surface area contributed by atoms with Gasteiger partial charge in [-0.1, -0.05) is 13.8 Å².